The number of nitrogens with one attached hydrogen (secondary N) is 1. The van der Waals surface area contributed by atoms with Crippen molar-refractivity contribution >= 4 is 0 Å². The fourth-order valence-electron chi connectivity index (χ4n) is 3.48. The summed E-state index contributed by atoms with van der Waals surface area (Å²) < 4.78 is 2.13. The minimum atomic E-state index is 0.375. The predicted molar refractivity (Wildman–Crippen MR) is 83.2 cm³/mol. The van der Waals surface area contributed by atoms with E-state index in [0.29, 0.717) is 18.0 Å². The number of hydrazine groups is 1. The van der Waals surface area contributed by atoms with Crippen LogP contribution in [0.4, 0.5) is 0 Å². The molecule has 0 amide bonds. The number of rotatable bonds is 7. The molecule has 1 aromatic heterocycles. The number of nitrogens with two attached hydrogens (primary N) is 1. The van der Waals surface area contributed by atoms with Crippen molar-refractivity contribution in [1.82, 2.24) is 15.2 Å². The Labute approximate surface area is 123 Å². The normalized spacial score (nSPS) is 18.6. The Hall–Kier alpha value is -0.870. The Morgan fingerprint density at radius 1 is 1.30 bits per heavy atom. The molecule has 0 saturated heterocycles. The van der Waals surface area contributed by atoms with Gasteiger partial charge >= 0.3 is 0 Å². The van der Waals surface area contributed by atoms with Crippen molar-refractivity contribution in [2.75, 3.05) is 0 Å². The first-order valence-corrected chi connectivity index (χ1v) is 8.28. The second-order valence-corrected chi connectivity index (χ2v) is 6.13. The Morgan fingerprint density at radius 2 is 2.00 bits per heavy atom. The van der Waals surface area contributed by atoms with Gasteiger partial charge in [-0.3, -0.25) is 16.0 Å². The van der Waals surface area contributed by atoms with Gasteiger partial charge in [0.15, 0.2) is 0 Å². The topological polar surface area (TPSA) is 55.9 Å². The zero-order valence-corrected chi connectivity index (χ0v) is 13.0. The van der Waals surface area contributed by atoms with Gasteiger partial charge in [0.1, 0.15) is 0 Å². The second-order valence-electron chi connectivity index (χ2n) is 6.13. The van der Waals surface area contributed by atoms with Crippen LogP contribution in [0.3, 0.4) is 0 Å². The van der Waals surface area contributed by atoms with Gasteiger partial charge in [-0.15, -0.1) is 0 Å². The van der Waals surface area contributed by atoms with Crippen LogP contribution in [-0.2, 0) is 6.42 Å². The zero-order valence-electron chi connectivity index (χ0n) is 13.0. The molecule has 1 atom stereocenters. The van der Waals surface area contributed by atoms with Crippen molar-refractivity contribution in [3.8, 4) is 0 Å². The van der Waals surface area contributed by atoms with E-state index < -0.39 is 0 Å². The molecule has 4 nitrogen and oxygen atoms in total. The van der Waals surface area contributed by atoms with Crippen LogP contribution in [0.1, 0.15) is 70.5 Å². The van der Waals surface area contributed by atoms with Crippen molar-refractivity contribution in [1.29, 1.82) is 0 Å². The highest BCUT2D eigenvalue weighted by atomic mass is 15.3. The van der Waals surface area contributed by atoms with Crippen molar-refractivity contribution < 1.29 is 0 Å². The molecule has 0 radical (unpaired) electrons. The molecule has 1 saturated carbocycles. The fourth-order valence-corrected chi connectivity index (χ4v) is 3.48. The summed E-state index contributed by atoms with van der Waals surface area (Å²) in [7, 11) is 0. The fraction of sp³-hybridized carbons (Fsp3) is 0.812. The average molecular weight is 278 g/mol. The lowest BCUT2D eigenvalue weighted by Crippen LogP contribution is -2.43. The monoisotopic (exact) mass is 278 g/mol. The van der Waals surface area contributed by atoms with Gasteiger partial charge in [-0.05, 0) is 37.7 Å². The van der Waals surface area contributed by atoms with Gasteiger partial charge < -0.3 is 0 Å². The molecule has 114 valence electrons. The summed E-state index contributed by atoms with van der Waals surface area (Å²) in [5.74, 6) is 6.50. The maximum atomic E-state index is 5.79. The van der Waals surface area contributed by atoms with E-state index in [1.807, 2.05) is 0 Å². The minimum Gasteiger partial charge on any atom is -0.271 e. The van der Waals surface area contributed by atoms with Crippen LogP contribution in [0.2, 0.25) is 0 Å². The van der Waals surface area contributed by atoms with Crippen molar-refractivity contribution in [3.05, 3.63) is 18.0 Å². The molecule has 1 heterocycles. The first kappa shape index (κ1) is 15.5. The van der Waals surface area contributed by atoms with Crippen molar-refractivity contribution in [2.45, 2.75) is 77.3 Å². The van der Waals surface area contributed by atoms with E-state index >= 15 is 0 Å². The lowest BCUT2D eigenvalue weighted by molar-refractivity contribution is 0.267. The Balaban J connectivity index is 1.96. The number of hydrogen-bond donors (Lipinski definition) is 2. The van der Waals surface area contributed by atoms with Crippen LogP contribution in [0, 0.1) is 5.92 Å². The van der Waals surface area contributed by atoms with Crippen LogP contribution >= 0.6 is 0 Å². The molecule has 1 aliphatic carbocycles. The van der Waals surface area contributed by atoms with Gasteiger partial charge in [0.25, 0.3) is 0 Å². The number of aromatic nitrogens is 2. The molecule has 1 fully saturated rings. The lowest BCUT2D eigenvalue weighted by Gasteiger charge is -2.29. The SMILES string of the molecule is CCC(CC)n1ccc(CC(NN)C2CCCCC2)n1. The Kier molecular flexibility index (Phi) is 6.05. The minimum absolute atomic E-state index is 0.375. The van der Waals surface area contributed by atoms with Gasteiger partial charge in [0.05, 0.1) is 11.7 Å². The lowest BCUT2D eigenvalue weighted by atomic mass is 9.82. The summed E-state index contributed by atoms with van der Waals surface area (Å²) in [5.41, 5.74) is 4.21. The molecule has 0 aliphatic heterocycles. The molecule has 0 spiro atoms. The molecular weight excluding hydrogens is 248 g/mol. The van der Waals surface area contributed by atoms with Gasteiger partial charge in [-0.2, -0.15) is 5.10 Å². The third-order valence-electron chi connectivity index (χ3n) is 4.84. The van der Waals surface area contributed by atoms with E-state index in [2.05, 4.69) is 36.2 Å². The van der Waals surface area contributed by atoms with E-state index in [4.69, 9.17) is 10.9 Å². The van der Waals surface area contributed by atoms with Crippen LogP contribution in [0.15, 0.2) is 12.3 Å². The summed E-state index contributed by atoms with van der Waals surface area (Å²) in [6.07, 6.45) is 12.1. The van der Waals surface area contributed by atoms with Crippen LogP contribution in [0.5, 0.6) is 0 Å². The third-order valence-corrected chi connectivity index (χ3v) is 4.84. The third kappa shape index (κ3) is 3.83. The smallest absolute Gasteiger partial charge is 0.0640 e. The van der Waals surface area contributed by atoms with Crippen LogP contribution in [-0.4, -0.2) is 15.8 Å². The van der Waals surface area contributed by atoms with Crippen molar-refractivity contribution in [2.24, 2.45) is 11.8 Å². The molecule has 3 N–H and O–H groups in total. The molecular formula is C16H30N4. The predicted octanol–water partition coefficient (Wildman–Crippen LogP) is 3.20. The largest absolute Gasteiger partial charge is 0.271 e. The summed E-state index contributed by atoms with van der Waals surface area (Å²) in [4.78, 5) is 0. The first-order valence-electron chi connectivity index (χ1n) is 8.28. The summed E-state index contributed by atoms with van der Waals surface area (Å²) in [6, 6.07) is 3.06. The summed E-state index contributed by atoms with van der Waals surface area (Å²) in [5, 5.41) is 4.76. The van der Waals surface area contributed by atoms with Gasteiger partial charge in [-0.25, -0.2) is 0 Å². The quantitative estimate of drug-likeness (QED) is 0.595. The first-order chi connectivity index (χ1) is 9.78. The molecule has 1 aliphatic rings. The van der Waals surface area contributed by atoms with E-state index in [1.165, 1.54) is 37.8 Å². The summed E-state index contributed by atoms with van der Waals surface area (Å²) >= 11 is 0. The van der Waals surface area contributed by atoms with Crippen LogP contribution < -0.4 is 11.3 Å². The highest BCUT2D eigenvalue weighted by Crippen LogP contribution is 2.27. The second kappa shape index (κ2) is 7.79. The standard InChI is InChI=1S/C16H30N4/c1-3-15(4-2)20-11-10-14(19-20)12-16(18-17)13-8-6-5-7-9-13/h10-11,13,15-16,18H,3-9,12,17H2,1-2H3. The molecule has 20 heavy (non-hydrogen) atoms. The van der Waals surface area contributed by atoms with E-state index in [-0.39, 0.29) is 0 Å². The molecule has 4 heteroatoms. The molecule has 0 bridgehead atoms. The zero-order chi connectivity index (χ0) is 14.4. The van der Waals surface area contributed by atoms with Crippen molar-refractivity contribution in [3.63, 3.8) is 0 Å². The van der Waals surface area contributed by atoms with Gasteiger partial charge in [-0.1, -0.05) is 33.1 Å². The molecule has 1 unspecified atom stereocenters. The Morgan fingerprint density at radius 3 is 2.60 bits per heavy atom. The average Bonchev–Trinajstić information content (AvgIpc) is 2.95. The highest BCUT2D eigenvalue weighted by Gasteiger charge is 2.23. The Bertz CT molecular complexity index is 378. The highest BCUT2D eigenvalue weighted by molar-refractivity contribution is 5.03. The van der Waals surface area contributed by atoms with Crippen LogP contribution in [0.25, 0.3) is 0 Å². The molecule has 2 rings (SSSR count). The molecule has 0 aromatic carbocycles. The maximum Gasteiger partial charge on any atom is 0.0640 e. The maximum absolute atomic E-state index is 5.79. The van der Waals surface area contributed by atoms with Gasteiger partial charge in [0.2, 0.25) is 0 Å². The molecule has 1 aromatic rings. The number of nitrogens with zero attached hydrogens (tertiary/aromatic N) is 2. The van der Waals surface area contributed by atoms with E-state index in [0.717, 1.165) is 19.3 Å². The van der Waals surface area contributed by atoms with E-state index in [9.17, 15) is 0 Å². The van der Waals surface area contributed by atoms with E-state index in [1.54, 1.807) is 0 Å². The number of hydrogen-bond acceptors (Lipinski definition) is 3. The van der Waals surface area contributed by atoms with Gasteiger partial charge in [0, 0.05) is 18.7 Å². The summed E-state index contributed by atoms with van der Waals surface area (Å²) in [6.45, 7) is 4.45.